The Bertz CT molecular complexity index is 1020. The van der Waals surface area contributed by atoms with Crippen molar-refractivity contribution in [3.05, 3.63) is 42.5 Å². The highest BCUT2D eigenvalue weighted by molar-refractivity contribution is 5.95. The molecule has 2 aromatic carbocycles. The van der Waals surface area contributed by atoms with Crippen molar-refractivity contribution < 1.29 is 0 Å². The van der Waals surface area contributed by atoms with Gasteiger partial charge in [-0.2, -0.15) is 9.98 Å². The third-order valence-corrected chi connectivity index (χ3v) is 4.83. The van der Waals surface area contributed by atoms with Gasteiger partial charge >= 0.3 is 0 Å². The van der Waals surface area contributed by atoms with E-state index < -0.39 is 0 Å². The Morgan fingerprint density at radius 2 is 1.17 bits per heavy atom. The van der Waals surface area contributed by atoms with E-state index in [1.807, 2.05) is 36.4 Å². The Hall–Kier alpha value is -3.13. The molecule has 154 valence electrons. The Balaban J connectivity index is 1.78. The quantitative estimate of drug-likeness (QED) is 0.199. The minimum absolute atomic E-state index is 0.777. The van der Waals surface area contributed by atoms with Crippen LogP contribution in [0.5, 0.6) is 0 Å². The van der Waals surface area contributed by atoms with E-state index in [9.17, 15) is 0 Å². The van der Waals surface area contributed by atoms with Gasteiger partial charge in [-0.1, -0.05) is 51.7 Å². The van der Waals surface area contributed by atoms with Crippen molar-refractivity contribution in [1.82, 2.24) is 4.98 Å². The maximum Gasteiger partial charge on any atom is 0.0948 e. The Kier molecular flexibility index (Phi) is 8.47. The number of aromatic nitrogens is 1. The standard InChI is InChI=1S/C25H29N5/c1-3-5-7-13-26-18-28-22-11-9-20-15-21-10-12-23(17-25(21)30-24(20)16-22)29-19-27-14-8-6-4-2/h9-12,15-17H,3-8,13-14H2,1-2H3. The molecule has 3 rings (SSSR count). The predicted octanol–water partition coefficient (Wildman–Crippen LogP) is 7.38. The van der Waals surface area contributed by atoms with Crippen LogP contribution in [0.1, 0.15) is 52.4 Å². The fraction of sp³-hybridized carbons (Fsp3) is 0.400. The number of benzene rings is 2. The van der Waals surface area contributed by atoms with Crippen LogP contribution in [0.25, 0.3) is 21.8 Å². The summed E-state index contributed by atoms with van der Waals surface area (Å²) in [5.41, 5.74) is 3.40. The first-order valence-corrected chi connectivity index (χ1v) is 10.9. The van der Waals surface area contributed by atoms with Crippen molar-refractivity contribution in [2.24, 2.45) is 20.0 Å². The van der Waals surface area contributed by atoms with Crippen molar-refractivity contribution >= 4 is 45.2 Å². The lowest BCUT2D eigenvalue weighted by Crippen LogP contribution is -1.83. The average molecular weight is 400 g/mol. The maximum atomic E-state index is 4.80. The summed E-state index contributed by atoms with van der Waals surface area (Å²) >= 11 is 0. The van der Waals surface area contributed by atoms with Gasteiger partial charge in [0.15, 0.2) is 0 Å². The largest absolute Gasteiger partial charge is 0.248 e. The van der Waals surface area contributed by atoms with Gasteiger partial charge in [0.05, 0.1) is 34.4 Å². The second-order valence-corrected chi connectivity index (χ2v) is 7.34. The first-order chi connectivity index (χ1) is 14.8. The van der Waals surface area contributed by atoms with E-state index in [1.54, 1.807) is 0 Å². The van der Waals surface area contributed by atoms with Gasteiger partial charge in [0, 0.05) is 23.9 Å². The van der Waals surface area contributed by atoms with Gasteiger partial charge < -0.3 is 0 Å². The van der Waals surface area contributed by atoms with Crippen LogP contribution in [-0.4, -0.2) is 30.1 Å². The van der Waals surface area contributed by atoms with Crippen LogP contribution in [-0.2, 0) is 0 Å². The van der Waals surface area contributed by atoms with Crippen LogP contribution in [0.4, 0.5) is 11.4 Å². The zero-order chi connectivity index (χ0) is 21.0. The summed E-state index contributed by atoms with van der Waals surface area (Å²) in [5.74, 6) is 0. The molecule has 0 amide bonds. The number of pyridine rings is 1. The molecule has 5 nitrogen and oxygen atoms in total. The Labute approximate surface area is 178 Å². The number of hydrogen-bond donors (Lipinski definition) is 0. The molecule has 0 aliphatic carbocycles. The second kappa shape index (κ2) is 11.8. The summed E-state index contributed by atoms with van der Waals surface area (Å²) in [4.78, 5) is 21.9. The first-order valence-electron chi connectivity index (χ1n) is 10.9. The van der Waals surface area contributed by atoms with Crippen LogP contribution >= 0.6 is 0 Å². The Morgan fingerprint density at radius 1 is 0.667 bits per heavy atom. The summed E-state index contributed by atoms with van der Waals surface area (Å²) in [6.07, 6.45) is 6.92. The van der Waals surface area contributed by atoms with Crippen molar-refractivity contribution in [2.75, 3.05) is 13.1 Å². The minimum Gasteiger partial charge on any atom is -0.248 e. The monoisotopic (exact) mass is 399 g/mol. The van der Waals surface area contributed by atoms with E-state index in [-0.39, 0.29) is 0 Å². The molecule has 0 saturated carbocycles. The minimum atomic E-state index is 0.777. The summed E-state index contributed by atoms with van der Waals surface area (Å²) in [6.45, 7) is 5.92. The third-order valence-electron chi connectivity index (χ3n) is 4.83. The molecule has 0 radical (unpaired) electrons. The van der Waals surface area contributed by atoms with E-state index >= 15 is 0 Å². The number of aliphatic imine (C=N–C) groups is 4. The molecule has 0 aliphatic heterocycles. The molecular formula is C25H29N5. The molecule has 0 unspecified atom stereocenters. The number of hydrogen-bond acceptors (Lipinski definition) is 5. The van der Waals surface area contributed by atoms with Gasteiger partial charge in [0.1, 0.15) is 0 Å². The molecule has 30 heavy (non-hydrogen) atoms. The fourth-order valence-corrected chi connectivity index (χ4v) is 3.11. The fourth-order valence-electron chi connectivity index (χ4n) is 3.11. The van der Waals surface area contributed by atoms with Crippen molar-refractivity contribution in [1.29, 1.82) is 0 Å². The maximum absolute atomic E-state index is 4.80. The SMILES string of the molecule is CCCCCN=C=Nc1ccc2cc3ccc(N=C=NCCCCC)cc3nc2c1. The lowest BCUT2D eigenvalue weighted by Gasteiger charge is -2.03. The molecule has 0 spiro atoms. The van der Waals surface area contributed by atoms with E-state index in [1.165, 1.54) is 25.7 Å². The van der Waals surface area contributed by atoms with Crippen LogP contribution in [0.2, 0.25) is 0 Å². The van der Waals surface area contributed by atoms with E-state index in [0.29, 0.717) is 0 Å². The van der Waals surface area contributed by atoms with Gasteiger partial charge in [-0.05, 0) is 43.2 Å². The van der Waals surface area contributed by atoms with E-state index in [4.69, 9.17) is 4.98 Å². The molecule has 0 aliphatic rings. The normalized spacial score (nSPS) is 10.5. The molecule has 5 heteroatoms. The molecule has 0 fully saturated rings. The van der Waals surface area contributed by atoms with Gasteiger partial charge in [-0.15, -0.1) is 0 Å². The van der Waals surface area contributed by atoms with Gasteiger partial charge in [0.2, 0.25) is 0 Å². The number of nitrogens with zero attached hydrogens (tertiary/aromatic N) is 5. The topological polar surface area (TPSA) is 62.3 Å². The highest BCUT2D eigenvalue weighted by Crippen LogP contribution is 2.26. The van der Waals surface area contributed by atoms with Crippen LogP contribution < -0.4 is 0 Å². The second-order valence-electron chi connectivity index (χ2n) is 7.34. The molecule has 0 atom stereocenters. The lowest BCUT2D eigenvalue weighted by atomic mass is 10.1. The molecule has 3 aromatic rings. The molecule has 1 aromatic heterocycles. The van der Waals surface area contributed by atoms with E-state index in [0.717, 1.165) is 59.1 Å². The van der Waals surface area contributed by atoms with Crippen molar-refractivity contribution in [3.8, 4) is 0 Å². The molecule has 0 N–H and O–H groups in total. The average Bonchev–Trinajstić information content (AvgIpc) is 2.77. The Morgan fingerprint density at radius 3 is 1.63 bits per heavy atom. The molecule has 0 saturated heterocycles. The number of rotatable bonds is 10. The highest BCUT2D eigenvalue weighted by Gasteiger charge is 2.02. The van der Waals surface area contributed by atoms with Crippen LogP contribution in [0.3, 0.4) is 0 Å². The first kappa shape index (κ1) is 21.6. The number of unbranched alkanes of at least 4 members (excludes halogenated alkanes) is 4. The summed E-state index contributed by atoms with van der Waals surface area (Å²) in [5, 5.41) is 2.16. The van der Waals surface area contributed by atoms with Crippen LogP contribution in [0.15, 0.2) is 62.4 Å². The molecular weight excluding hydrogens is 370 g/mol. The lowest BCUT2D eigenvalue weighted by molar-refractivity contribution is 0.729. The third kappa shape index (κ3) is 6.45. The highest BCUT2D eigenvalue weighted by atomic mass is 14.8. The predicted molar refractivity (Wildman–Crippen MR) is 127 cm³/mol. The smallest absolute Gasteiger partial charge is 0.0948 e. The molecule has 0 bridgehead atoms. The van der Waals surface area contributed by atoms with E-state index in [2.05, 4.69) is 51.9 Å². The summed E-state index contributed by atoms with van der Waals surface area (Å²) in [6, 6.07) is 19.7. The summed E-state index contributed by atoms with van der Waals surface area (Å²) in [7, 11) is 0. The molecule has 1 heterocycles. The zero-order valence-electron chi connectivity index (χ0n) is 17.9. The van der Waals surface area contributed by atoms with Crippen molar-refractivity contribution in [3.63, 3.8) is 0 Å². The van der Waals surface area contributed by atoms with Gasteiger partial charge in [-0.25, -0.2) is 15.0 Å². The number of fused-ring (bicyclic) bond motifs is 2. The summed E-state index contributed by atoms with van der Waals surface area (Å²) < 4.78 is 0. The van der Waals surface area contributed by atoms with Crippen molar-refractivity contribution in [2.45, 2.75) is 52.4 Å². The van der Waals surface area contributed by atoms with Gasteiger partial charge in [0.25, 0.3) is 0 Å². The van der Waals surface area contributed by atoms with Gasteiger partial charge in [-0.3, -0.25) is 0 Å². The van der Waals surface area contributed by atoms with Crippen LogP contribution in [0, 0.1) is 0 Å². The zero-order valence-corrected chi connectivity index (χ0v) is 17.9.